The number of hydrogen-bond donors (Lipinski definition) is 0. The Labute approximate surface area is 119 Å². The first-order valence-corrected chi connectivity index (χ1v) is 6.60. The van der Waals surface area contributed by atoms with Gasteiger partial charge in [0.2, 0.25) is 0 Å². The second-order valence-corrected chi connectivity index (χ2v) is 4.51. The van der Waals surface area contributed by atoms with Gasteiger partial charge in [-0.15, -0.1) is 0 Å². The standard InChI is InChI=1S/C18H17NO/c1-15(14-16-8-4-2-5-9-16)18(20)12-13-19-17-10-6-3-7-11-17/h2-11,13-14H,12H2,1H3/b15-14-,19-13?. The normalized spacial score (nSPS) is 11.8. The summed E-state index contributed by atoms with van der Waals surface area (Å²) in [6.45, 7) is 1.84. The number of aliphatic imine (C=N–C) groups is 1. The molecule has 100 valence electrons. The predicted molar refractivity (Wildman–Crippen MR) is 84.3 cm³/mol. The summed E-state index contributed by atoms with van der Waals surface area (Å²) in [5, 5.41) is 0. The van der Waals surface area contributed by atoms with Crippen molar-refractivity contribution in [3.63, 3.8) is 0 Å². The first-order valence-electron chi connectivity index (χ1n) is 6.60. The lowest BCUT2D eigenvalue weighted by Gasteiger charge is -1.98. The highest BCUT2D eigenvalue weighted by Gasteiger charge is 2.02. The van der Waals surface area contributed by atoms with Gasteiger partial charge >= 0.3 is 0 Å². The lowest BCUT2D eigenvalue weighted by atomic mass is 10.1. The fourth-order valence-electron chi connectivity index (χ4n) is 1.79. The van der Waals surface area contributed by atoms with Crippen LogP contribution in [0.15, 0.2) is 71.2 Å². The number of rotatable bonds is 5. The van der Waals surface area contributed by atoms with Crippen molar-refractivity contribution >= 4 is 23.8 Å². The van der Waals surface area contributed by atoms with Gasteiger partial charge in [-0.1, -0.05) is 48.5 Å². The number of benzene rings is 2. The van der Waals surface area contributed by atoms with Crippen molar-refractivity contribution < 1.29 is 4.79 Å². The summed E-state index contributed by atoms with van der Waals surface area (Å²) in [7, 11) is 0. The van der Waals surface area contributed by atoms with Gasteiger partial charge < -0.3 is 0 Å². The van der Waals surface area contributed by atoms with Crippen molar-refractivity contribution in [3.8, 4) is 0 Å². The van der Waals surface area contributed by atoms with Crippen LogP contribution < -0.4 is 0 Å². The van der Waals surface area contributed by atoms with E-state index in [1.807, 2.05) is 73.7 Å². The van der Waals surface area contributed by atoms with Crippen LogP contribution in [0.2, 0.25) is 0 Å². The first kappa shape index (κ1) is 13.9. The fraction of sp³-hybridized carbons (Fsp3) is 0.111. The van der Waals surface area contributed by atoms with Gasteiger partial charge in [0, 0.05) is 12.6 Å². The van der Waals surface area contributed by atoms with Crippen LogP contribution in [0.3, 0.4) is 0 Å². The summed E-state index contributed by atoms with van der Waals surface area (Å²) < 4.78 is 0. The SMILES string of the molecule is C/C(=C/c1ccccc1)C(=O)CC=Nc1ccccc1. The topological polar surface area (TPSA) is 29.4 Å². The van der Waals surface area contributed by atoms with E-state index in [9.17, 15) is 4.79 Å². The lowest BCUT2D eigenvalue weighted by Crippen LogP contribution is -1.99. The number of carbonyl (C=O) groups excluding carboxylic acids is 1. The van der Waals surface area contributed by atoms with Crippen LogP contribution in [0, 0.1) is 0 Å². The number of Topliss-reactive ketones (excluding diaryl/α,β-unsaturated/α-hetero) is 1. The average Bonchev–Trinajstić information content (AvgIpc) is 2.49. The molecule has 0 saturated heterocycles. The quantitative estimate of drug-likeness (QED) is 0.578. The molecule has 0 amide bonds. The third-order valence-electron chi connectivity index (χ3n) is 2.90. The Morgan fingerprint density at radius 3 is 2.25 bits per heavy atom. The van der Waals surface area contributed by atoms with Crippen LogP contribution in [-0.2, 0) is 4.79 Å². The molecule has 0 fully saturated rings. The maximum atomic E-state index is 12.0. The molecular weight excluding hydrogens is 246 g/mol. The molecule has 0 atom stereocenters. The molecule has 2 aromatic carbocycles. The molecule has 0 bridgehead atoms. The van der Waals surface area contributed by atoms with Crippen LogP contribution in [0.4, 0.5) is 5.69 Å². The van der Waals surface area contributed by atoms with E-state index in [4.69, 9.17) is 0 Å². The largest absolute Gasteiger partial charge is 0.294 e. The van der Waals surface area contributed by atoms with Crippen LogP contribution in [0.1, 0.15) is 18.9 Å². The molecule has 2 aromatic rings. The Morgan fingerprint density at radius 2 is 1.60 bits per heavy atom. The van der Waals surface area contributed by atoms with E-state index in [-0.39, 0.29) is 5.78 Å². The van der Waals surface area contributed by atoms with Gasteiger partial charge in [0.1, 0.15) is 0 Å². The monoisotopic (exact) mass is 263 g/mol. The second kappa shape index (κ2) is 7.19. The summed E-state index contributed by atoms with van der Waals surface area (Å²) in [5.74, 6) is 0.0912. The third kappa shape index (κ3) is 4.32. The van der Waals surface area contributed by atoms with E-state index in [0.29, 0.717) is 6.42 Å². The van der Waals surface area contributed by atoms with Crippen molar-refractivity contribution in [1.29, 1.82) is 0 Å². The van der Waals surface area contributed by atoms with Gasteiger partial charge in [-0.25, -0.2) is 0 Å². The molecule has 2 nitrogen and oxygen atoms in total. The summed E-state index contributed by atoms with van der Waals surface area (Å²) in [6, 6.07) is 19.5. The van der Waals surface area contributed by atoms with E-state index in [2.05, 4.69) is 4.99 Å². The molecule has 0 unspecified atom stereocenters. The van der Waals surface area contributed by atoms with Gasteiger partial charge in [-0.05, 0) is 36.3 Å². The number of nitrogens with zero attached hydrogens (tertiary/aromatic N) is 1. The summed E-state index contributed by atoms with van der Waals surface area (Å²) >= 11 is 0. The highest BCUT2D eigenvalue weighted by molar-refractivity contribution is 6.05. The Bertz CT molecular complexity index is 612. The van der Waals surface area contributed by atoms with Crippen molar-refractivity contribution in [2.24, 2.45) is 4.99 Å². The number of para-hydroxylation sites is 1. The minimum atomic E-state index is 0.0912. The molecule has 0 heterocycles. The zero-order valence-electron chi connectivity index (χ0n) is 11.5. The first-order chi connectivity index (χ1) is 9.75. The molecule has 20 heavy (non-hydrogen) atoms. The van der Waals surface area contributed by atoms with Crippen molar-refractivity contribution in [3.05, 3.63) is 71.8 Å². The van der Waals surface area contributed by atoms with Gasteiger partial charge in [-0.2, -0.15) is 0 Å². The fourth-order valence-corrected chi connectivity index (χ4v) is 1.79. The molecule has 0 saturated carbocycles. The van der Waals surface area contributed by atoms with Gasteiger partial charge in [0.05, 0.1) is 5.69 Å². The third-order valence-corrected chi connectivity index (χ3v) is 2.90. The van der Waals surface area contributed by atoms with Gasteiger partial charge in [-0.3, -0.25) is 9.79 Å². The van der Waals surface area contributed by atoms with Crippen molar-refractivity contribution in [1.82, 2.24) is 0 Å². The molecule has 0 N–H and O–H groups in total. The number of carbonyl (C=O) groups is 1. The average molecular weight is 263 g/mol. The van der Waals surface area contributed by atoms with E-state index in [1.54, 1.807) is 6.21 Å². The molecule has 0 aliphatic carbocycles. The summed E-state index contributed by atoms with van der Waals surface area (Å²) in [6.07, 6.45) is 3.89. The van der Waals surface area contributed by atoms with Gasteiger partial charge in [0.25, 0.3) is 0 Å². The maximum Gasteiger partial charge on any atom is 0.163 e. The summed E-state index contributed by atoms with van der Waals surface area (Å²) in [4.78, 5) is 16.2. The molecule has 0 aliphatic rings. The lowest BCUT2D eigenvalue weighted by molar-refractivity contribution is -0.114. The predicted octanol–water partition coefficient (Wildman–Crippen LogP) is 4.45. The Morgan fingerprint density at radius 1 is 1.00 bits per heavy atom. The highest BCUT2D eigenvalue weighted by atomic mass is 16.1. The second-order valence-electron chi connectivity index (χ2n) is 4.51. The molecule has 0 aliphatic heterocycles. The maximum absolute atomic E-state index is 12.0. The van der Waals surface area contributed by atoms with Crippen LogP contribution in [0.5, 0.6) is 0 Å². The minimum Gasteiger partial charge on any atom is -0.294 e. The van der Waals surface area contributed by atoms with E-state index < -0.39 is 0 Å². The highest BCUT2D eigenvalue weighted by Crippen LogP contribution is 2.10. The molecular formula is C18H17NO. The smallest absolute Gasteiger partial charge is 0.163 e. The molecule has 0 spiro atoms. The zero-order chi connectivity index (χ0) is 14.2. The number of allylic oxidation sites excluding steroid dienone is 1. The number of ketones is 1. The van der Waals surface area contributed by atoms with E-state index in [0.717, 1.165) is 16.8 Å². The minimum absolute atomic E-state index is 0.0912. The van der Waals surface area contributed by atoms with E-state index in [1.165, 1.54) is 0 Å². The van der Waals surface area contributed by atoms with Crippen molar-refractivity contribution in [2.45, 2.75) is 13.3 Å². The van der Waals surface area contributed by atoms with Crippen LogP contribution >= 0.6 is 0 Å². The molecule has 0 aromatic heterocycles. The van der Waals surface area contributed by atoms with Crippen LogP contribution in [-0.4, -0.2) is 12.0 Å². The van der Waals surface area contributed by atoms with Crippen molar-refractivity contribution in [2.75, 3.05) is 0 Å². The molecule has 2 heteroatoms. The van der Waals surface area contributed by atoms with Gasteiger partial charge in [0.15, 0.2) is 5.78 Å². The van der Waals surface area contributed by atoms with Crippen LogP contribution in [0.25, 0.3) is 6.08 Å². The molecule has 0 radical (unpaired) electrons. The molecule has 2 rings (SSSR count). The summed E-state index contributed by atoms with van der Waals surface area (Å²) in [5.41, 5.74) is 2.65. The Kier molecular flexibility index (Phi) is 5.01. The Balaban J connectivity index is 1.95. The number of hydrogen-bond acceptors (Lipinski definition) is 2. The zero-order valence-corrected chi connectivity index (χ0v) is 11.5. The van der Waals surface area contributed by atoms with E-state index >= 15 is 0 Å². The Hall–Kier alpha value is -2.48.